The van der Waals surface area contributed by atoms with Gasteiger partial charge in [-0.05, 0) is 19.8 Å². The first-order valence-corrected chi connectivity index (χ1v) is 8.45. The average Bonchev–Trinajstić information content (AvgIpc) is 3.18. The van der Waals surface area contributed by atoms with E-state index in [1.165, 1.54) is 11.8 Å². The van der Waals surface area contributed by atoms with Gasteiger partial charge in [-0.15, -0.1) is 10.2 Å². The molecule has 22 heavy (non-hydrogen) atoms. The standard InChI is InChI=1S/C16H19N3O2S/c1-12-17-18-16(19(12)10-14-8-5-9-21-14)22-11-15(20)13-6-3-2-4-7-13/h2-4,6-7,14H,5,8-11H2,1H3. The van der Waals surface area contributed by atoms with Crippen molar-refractivity contribution < 1.29 is 9.53 Å². The van der Waals surface area contributed by atoms with Gasteiger partial charge in [-0.1, -0.05) is 42.1 Å². The zero-order valence-corrected chi connectivity index (χ0v) is 13.4. The molecule has 2 aromatic rings. The highest BCUT2D eigenvalue weighted by atomic mass is 32.2. The molecule has 116 valence electrons. The minimum absolute atomic E-state index is 0.106. The molecule has 0 radical (unpaired) electrons. The second kappa shape index (κ2) is 7.07. The fourth-order valence-corrected chi connectivity index (χ4v) is 3.40. The Morgan fingerprint density at radius 2 is 2.18 bits per heavy atom. The minimum Gasteiger partial charge on any atom is -0.376 e. The molecule has 0 bridgehead atoms. The number of aryl methyl sites for hydroxylation is 1. The van der Waals surface area contributed by atoms with Crippen LogP contribution >= 0.6 is 11.8 Å². The lowest BCUT2D eigenvalue weighted by atomic mass is 10.2. The Balaban J connectivity index is 1.64. The third kappa shape index (κ3) is 3.56. The van der Waals surface area contributed by atoms with E-state index in [2.05, 4.69) is 14.8 Å². The van der Waals surface area contributed by atoms with E-state index in [-0.39, 0.29) is 11.9 Å². The van der Waals surface area contributed by atoms with Gasteiger partial charge in [0.15, 0.2) is 10.9 Å². The summed E-state index contributed by atoms with van der Waals surface area (Å²) in [4.78, 5) is 12.2. The molecule has 1 atom stereocenters. The zero-order valence-electron chi connectivity index (χ0n) is 12.6. The lowest BCUT2D eigenvalue weighted by molar-refractivity contribution is 0.0944. The van der Waals surface area contributed by atoms with Crippen LogP contribution in [0.5, 0.6) is 0 Å². The number of benzene rings is 1. The van der Waals surface area contributed by atoms with E-state index < -0.39 is 0 Å². The maximum Gasteiger partial charge on any atom is 0.191 e. The first-order chi connectivity index (χ1) is 10.7. The largest absolute Gasteiger partial charge is 0.376 e. The summed E-state index contributed by atoms with van der Waals surface area (Å²) < 4.78 is 7.73. The van der Waals surface area contributed by atoms with Crippen LogP contribution in [0.25, 0.3) is 0 Å². The van der Waals surface area contributed by atoms with E-state index in [1.807, 2.05) is 37.3 Å². The van der Waals surface area contributed by atoms with Gasteiger partial charge in [0, 0.05) is 12.2 Å². The van der Waals surface area contributed by atoms with Crippen molar-refractivity contribution in [3.63, 3.8) is 0 Å². The summed E-state index contributed by atoms with van der Waals surface area (Å²) in [5.74, 6) is 1.34. The Labute approximate surface area is 134 Å². The molecule has 0 N–H and O–H groups in total. The summed E-state index contributed by atoms with van der Waals surface area (Å²) in [6, 6.07) is 9.34. The Kier molecular flexibility index (Phi) is 4.90. The number of hydrogen-bond acceptors (Lipinski definition) is 5. The van der Waals surface area contributed by atoms with Crippen molar-refractivity contribution in [3.8, 4) is 0 Å². The highest BCUT2D eigenvalue weighted by Gasteiger charge is 2.20. The average molecular weight is 317 g/mol. The molecule has 1 aliphatic rings. The SMILES string of the molecule is Cc1nnc(SCC(=O)c2ccccc2)n1CC1CCCO1. The van der Waals surface area contributed by atoms with Gasteiger partial charge in [0.2, 0.25) is 0 Å². The topological polar surface area (TPSA) is 57.0 Å². The quantitative estimate of drug-likeness (QED) is 0.606. The van der Waals surface area contributed by atoms with Gasteiger partial charge in [0.1, 0.15) is 5.82 Å². The Morgan fingerprint density at radius 1 is 1.36 bits per heavy atom. The smallest absolute Gasteiger partial charge is 0.191 e. The van der Waals surface area contributed by atoms with Gasteiger partial charge in [-0.25, -0.2) is 0 Å². The molecular formula is C16H19N3O2S. The van der Waals surface area contributed by atoms with E-state index in [1.54, 1.807) is 0 Å². The molecular weight excluding hydrogens is 298 g/mol. The molecule has 5 nitrogen and oxygen atoms in total. The van der Waals surface area contributed by atoms with Gasteiger partial charge in [-0.3, -0.25) is 4.79 Å². The van der Waals surface area contributed by atoms with Gasteiger partial charge < -0.3 is 9.30 Å². The van der Waals surface area contributed by atoms with E-state index in [9.17, 15) is 4.79 Å². The monoisotopic (exact) mass is 317 g/mol. The van der Waals surface area contributed by atoms with Gasteiger partial charge in [0.05, 0.1) is 18.4 Å². The van der Waals surface area contributed by atoms with Crippen LogP contribution in [0.3, 0.4) is 0 Å². The molecule has 2 heterocycles. The van der Waals surface area contributed by atoms with Crippen LogP contribution in [0.4, 0.5) is 0 Å². The summed E-state index contributed by atoms with van der Waals surface area (Å²) in [6.45, 7) is 3.53. The van der Waals surface area contributed by atoms with Gasteiger partial charge >= 0.3 is 0 Å². The Morgan fingerprint density at radius 3 is 2.91 bits per heavy atom. The molecule has 1 fully saturated rings. The fraction of sp³-hybridized carbons (Fsp3) is 0.438. The summed E-state index contributed by atoms with van der Waals surface area (Å²) in [5, 5.41) is 9.12. The van der Waals surface area contributed by atoms with E-state index in [0.29, 0.717) is 5.75 Å². The highest BCUT2D eigenvalue weighted by Crippen LogP contribution is 2.21. The molecule has 0 spiro atoms. The number of rotatable bonds is 6. The number of hydrogen-bond donors (Lipinski definition) is 0. The van der Waals surface area contributed by atoms with Crippen molar-refractivity contribution in [2.75, 3.05) is 12.4 Å². The third-order valence-corrected chi connectivity index (χ3v) is 4.71. The van der Waals surface area contributed by atoms with Crippen LogP contribution in [-0.4, -0.2) is 39.0 Å². The number of Topliss-reactive ketones (excluding diaryl/α,β-unsaturated/α-hetero) is 1. The van der Waals surface area contributed by atoms with Crippen LogP contribution in [-0.2, 0) is 11.3 Å². The van der Waals surface area contributed by atoms with Crippen molar-refractivity contribution in [1.29, 1.82) is 0 Å². The van der Waals surface area contributed by atoms with Gasteiger partial charge in [0.25, 0.3) is 0 Å². The molecule has 6 heteroatoms. The summed E-state index contributed by atoms with van der Waals surface area (Å²) >= 11 is 1.44. The number of nitrogens with zero attached hydrogens (tertiary/aromatic N) is 3. The first-order valence-electron chi connectivity index (χ1n) is 7.46. The summed E-state index contributed by atoms with van der Waals surface area (Å²) in [5.41, 5.74) is 0.733. The number of ketones is 1. The van der Waals surface area contributed by atoms with E-state index in [4.69, 9.17) is 4.74 Å². The summed E-state index contributed by atoms with van der Waals surface area (Å²) in [7, 11) is 0. The Hall–Kier alpha value is -1.66. The zero-order chi connectivity index (χ0) is 15.4. The predicted octanol–water partition coefficient (Wildman–Crippen LogP) is 2.74. The van der Waals surface area contributed by atoms with Crippen LogP contribution in [0, 0.1) is 6.92 Å². The molecule has 0 aliphatic carbocycles. The van der Waals surface area contributed by atoms with Crippen molar-refractivity contribution in [2.45, 2.75) is 37.6 Å². The second-order valence-corrected chi connectivity index (χ2v) is 6.30. The maximum atomic E-state index is 12.2. The molecule has 1 unspecified atom stereocenters. The Bertz CT molecular complexity index is 636. The molecule has 1 aliphatic heterocycles. The first kappa shape index (κ1) is 15.2. The van der Waals surface area contributed by atoms with Crippen LogP contribution in [0.2, 0.25) is 0 Å². The van der Waals surface area contributed by atoms with Gasteiger partial charge in [-0.2, -0.15) is 0 Å². The summed E-state index contributed by atoms with van der Waals surface area (Å²) in [6.07, 6.45) is 2.42. The maximum absolute atomic E-state index is 12.2. The normalized spacial score (nSPS) is 17.8. The second-order valence-electron chi connectivity index (χ2n) is 5.35. The number of carbonyl (C=O) groups is 1. The molecule has 3 rings (SSSR count). The number of thioether (sulfide) groups is 1. The van der Waals surface area contributed by atoms with Crippen LogP contribution < -0.4 is 0 Å². The lowest BCUT2D eigenvalue weighted by Crippen LogP contribution is -2.17. The van der Waals surface area contributed by atoms with Crippen molar-refractivity contribution in [2.24, 2.45) is 0 Å². The van der Waals surface area contributed by atoms with Crippen molar-refractivity contribution >= 4 is 17.5 Å². The van der Waals surface area contributed by atoms with Crippen molar-refractivity contribution in [1.82, 2.24) is 14.8 Å². The fourth-order valence-electron chi connectivity index (χ4n) is 2.51. The van der Waals surface area contributed by atoms with Crippen molar-refractivity contribution in [3.05, 3.63) is 41.7 Å². The molecule has 1 aromatic heterocycles. The predicted molar refractivity (Wildman–Crippen MR) is 85.2 cm³/mol. The lowest BCUT2D eigenvalue weighted by Gasteiger charge is -2.13. The van der Waals surface area contributed by atoms with E-state index >= 15 is 0 Å². The number of aromatic nitrogens is 3. The van der Waals surface area contributed by atoms with E-state index in [0.717, 1.165) is 42.5 Å². The highest BCUT2D eigenvalue weighted by molar-refractivity contribution is 7.99. The minimum atomic E-state index is 0.106. The number of carbonyl (C=O) groups excluding carboxylic acids is 1. The molecule has 0 saturated carbocycles. The third-order valence-electron chi connectivity index (χ3n) is 3.74. The van der Waals surface area contributed by atoms with Crippen LogP contribution in [0.15, 0.2) is 35.5 Å². The molecule has 1 aromatic carbocycles. The molecule has 1 saturated heterocycles. The molecule has 0 amide bonds. The van der Waals surface area contributed by atoms with Crippen LogP contribution in [0.1, 0.15) is 29.0 Å². The number of ether oxygens (including phenoxy) is 1.